The molecule has 0 spiro atoms. The Morgan fingerprint density at radius 3 is 2.64 bits per heavy atom. The van der Waals surface area contributed by atoms with Gasteiger partial charge in [-0.25, -0.2) is 0 Å². The van der Waals surface area contributed by atoms with Gasteiger partial charge in [0.2, 0.25) is 0 Å². The van der Waals surface area contributed by atoms with Crippen molar-refractivity contribution in [2.24, 2.45) is 5.41 Å². The van der Waals surface area contributed by atoms with E-state index < -0.39 is 11.4 Å². The molecule has 0 saturated heterocycles. The van der Waals surface area contributed by atoms with E-state index in [1.54, 1.807) is 0 Å². The van der Waals surface area contributed by atoms with Crippen LogP contribution in [-0.2, 0) is 17.8 Å². The van der Waals surface area contributed by atoms with Gasteiger partial charge in [0.05, 0.1) is 5.41 Å². The number of anilines is 1. The van der Waals surface area contributed by atoms with Crippen LogP contribution in [0.2, 0.25) is 0 Å². The predicted octanol–water partition coefficient (Wildman–Crippen LogP) is 4.05. The average Bonchev–Trinajstić information content (AvgIpc) is 2.80. The number of aliphatic carboxylic acids is 1. The zero-order chi connectivity index (χ0) is 15.7. The lowest BCUT2D eigenvalue weighted by molar-refractivity contribution is -0.148. The highest BCUT2D eigenvalue weighted by atomic mass is 16.4. The first-order valence-corrected chi connectivity index (χ1v) is 7.65. The Morgan fingerprint density at radius 1 is 1.23 bits per heavy atom. The first-order valence-electron chi connectivity index (χ1n) is 7.65. The van der Waals surface area contributed by atoms with Crippen LogP contribution in [0.25, 0.3) is 0 Å². The zero-order valence-corrected chi connectivity index (χ0v) is 13.0. The van der Waals surface area contributed by atoms with E-state index in [-0.39, 0.29) is 5.92 Å². The maximum absolute atomic E-state index is 11.7. The van der Waals surface area contributed by atoms with E-state index in [0.29, 0.717) is 6.42 Å². The minimum atomic E-state index is -0.717. The molecule has 2 atom stereocenters. The molecule has 1 aliphatic carbocycles. The van der Waals surface area contributed by atoms with E-state index in [0.717, 1.165) is 23.4 Å². The number of benzene rings is 2. The van der Waals surface area contributed by atoms with Crippen molar-refractivity contribution in [3.8, 4) is 0 Å². The first-order chi connectivity index (χ1) is 10.5. The number of carboxylic acid groups (broad SMARTS) is 1. The van der Waals surface area contributed by atoms with Crippen molar-refractivity contribution in [3.63, 3.8) is 0 Å². The molecular formula is C19H21NO2. The molecule has 0 heterocycles. The molecule has 22 heavy (non-hydrogen) atoms. The van der Waals surface area contributed by atoms with Gasteiger partial charge in [-0.05, 0) is 42.0 Å². The smallest absolute Gasteiger partial charge is 0.310 e. The van der Waals surface area contributed by atoms with Crippen LogP contribution in [0.5, 0.6) is 0 Å². The molecule has 0 fully saturated rings. The van der Waals surface area contributed by atoms with Crippen molar-refractivity contribution >= 4 is 11.7 Å². The van der Waals surface area contributed by atoms with Gasteiger partial charge < -0.3 is 10.4 Å². The zero-order valence-electron chi connectivity index (χ0n) is 13.0. The van der Waals surface area contributed by atoms with Crippen LogP contribution in [0, 0.1) is 5.41 Å². The molecule has 0 aliphatic heterocycles. The summed E-state index contributed by atoms with van der Waals surface area (Å²) in [6.07, 6.45) is 0.580. The molecule has 0 amide bonds. The molecule has 0 radical (unpaired) electrons. The number of fused-ring (bicyclic) bond motifs is 1. The number of rotatable bonds is 4. The fourth-order valence-corrected chi connectivity index (χ4v) is 3.29. The van der Waals surface area contributed by atoms with E-state index in [9.17, 15) is 9.90 Å². The summed E-state index contributed by atoms with van der Waals surface area (Å²) in [6, 6.07) is 16.3. The molecule has 0 bridgehead atoms. The molecule has 2 aromatic rings. The van der Waals surface area contributed by atoms with Crippen LogP contribution in [0.4, 0.5) is 5.69 Å². The predicted molar refractivity (Wildman–Crippen MR) is 88.1 cm³/mol. The van der Waals surface area contributed by atoms with Crippen LogP contribution in [-0.4, -0.2) is 11.1 Å². The minimum absolute atomic E-state index is 0.0264. The summed E-state index contributed by atoms with van der Waals surface area (Å²) in [5, 5.41) is 13.1. The summed E-state index contributed by atoms with van der Waals surface area (Å²) in [4.78, 5) is 11.7. The Balaban J connectivity index is 1.87. The third kappa shape index (κ3) is 2.37. The maximum Gasteiger partial charge on any atom is 0.310 e. The highest BCUT2D eigenvalue weighted by Gasteiger charge is 2.46. The number of hydrogen-bond acceptors (Lipinski definition) is 2. The number of carbonyl (C=O) groups is 1. The van der Waals surface area contributed by atoms with Crippen LogP contribution < -0.4 is 5.32 Å². The van der Waals surface area contributed by atoms with E-state index >= 15 is 0 Å². The standard InChI is InChI=1S/C19H21NO2/c1-13-15-9-6-10-17(16(15)11-19(13,2)18(21)22)20-12-14-7-4-3-5-8-14/h3-10,13,20H,11-12H2,1-2H3,(H,21,22). The summed E-state index contributed by atoms with van der Waals surface area (Å²) in [5.74, 6) is -0.691. The van der Waals surface area contributed by atoms with Gasteiger partial charge in [0.15, 0.2) is 0 Å². The summed E-state index contributed by atoms with van der Waals surface area (Å²) < 4.78 is 0. The van der Waals surface area contributed by atoms with Gasteiger partial charge in [-0.1, -0.05) is 49.4 Å². The second-order valence-electron chi connectivity index (χ2n) is 6.33. The normalized spacial score (nSPS) is 23.1. The molecule has 3 heteroatoms. The lowest BCUT2D eigenvalue weighted by Crippen LogP contribution is -2.30. The lowest BCUT2D eigenvalue weighted by atomic mass is 9.79. The van der Waals surface area contributed by atoms with E-state index in [1.807, 2.05) is 44.2 Å². The molecule has 1 aliphatic rings. The van der Waals surface area contributed by atoms with Crippen LogP contribution in [0.15, 0.2) is 48.5 Å². The molecule has 3 rings (SSSR count). The summed E-state index contributed by atoms with van der Waals surface area (Å²) in [6.45, 7) is 4.61. The van der Waals surface area contributed by atoms with Crippen molar-refractivity contribution in [1.82, 2.24) is 0 Å². The first kappa shape index (κ1) is 14.6. The van der Waals surface area contributed by atoms with Crippen molar-refractivity contribution < 1.29 is 9.90 Å². The van der Waals surface area contributed by atoms with Gasteiger partial charge in [-0.3, -0.25) is 4.79 Å². The molecule has 0 saturated carbocycles. The highest BCUT2D eigenvalue weighted by Crippen LogP contribution is 2.49. The van der Waals surface area contributed by atoms with Crippen molar-refractivity contribution in [3.05, 3.63) is 65.2 Å². The minimum Gasteiger partial charge on any atom is -0.481 e. The molecule has 3 nitrogen and oxygen atoms in total. The number of nitrogens with one attached hydrogen (secondary N) is 1. The Kier molecular flexibility index (Phi) is 3.65. The Morgan fingerprint density at radius 2 is 1.95 bits per heavy atom. The van der Waals surface area contributed by atoms with Crippen LogP contribution >= 0.6 is 0 Å². The molecule has 2 aromatic carbocycles. The van der Waals surface area contributed by atoms with Gasteiger partial charge in [-0.2, -0.15) is 0 Å². The van der Waals surface area contributed by atoms with E-state index in [4.69, 9.17) is 0 Å². The van der Waals surface area contributed by atoms with Crippen molar-refractivity contribution in [2.75, 3.05) is 5.32 Å². The van der Waals surface area contributed by atoms with Crippen molar-refractivity contribution in [1.29, 1.82) is 0 Å². The Labute approximate surface area is 131 Å². The highest BCUT2D eigenvalue weighted by molar-refractivity contribution is 5.79. The summed E-state index contributed by atoms with van der Waals surface area (Å²) >= 11 is 0. The van der Waals surface area contributed by atoms with E-state index in [2.05, 4.69) is 23.5 Å². The molecular weight excluding hydrogens is 274 g/mol. The molecule has 2 N–H and O–H groups in total. The third-order valence-corrected chi connectivity index (χ3v) is 4.99. The van der Waals surface area contributed by atoms with E-state index in [1.165, 1.54) is 5.56 Å². The van der Waals surface area contributed by atoms with Gasteiger partial charge in [-0.15, -0.1) is 0 Å². The Bertz CT molecular complexity index is 696. The quantitative estimate of drug-likeness (QED) is 0.894. The largest absolute Gasteiger partial charge is 0.481 e. The monoisotopic (exact) mass is 295 g/mol. The van der Waals surface area contributed by atoms with Gasteiger partial charge in [0.1, 0.15) is 0 Å². The number of carboxylic acids is 1. The maximum atomic E-state index is 11.7. The Hall–Kier alpha value is -2.29. The lowest BCUT2D eigenvalue weighted by Gasteiger charge is -2.23. The molecule has 0 aromatic heterocycles. The fourth-order valence-electron chi connectivity index (χ4n) is 3.29. The second kappa shape index (κ2) is 5.48. The second-order valence-corrected chi connectivity index (χ2v) is 6.33. The van der Waals surface area contributed by atoms with Crippen LogP contribution in [0.3, 0.4) is 0 Å². The topological polar surface area (TPSA) is 49.3 Å². The third-order valence-electron chi connectivity index (χ3n) is 4.99. The fraction of sp³-hybridized carbons (Fsp3) is 0.316. The van der Waals surface area contributed by atoms with Crippen molar-refractivity contribution in [2.45, 2.75) is 32.7 Å². The summed E-state index contributed by atoms with van der Waals surface area (Å²) in [5.41, 5.74) is 3.86. The SMILES string of the molecule is CC1c2cccc(NCc3ccccc3)c2CC1(C)C(=O)O. The molecule has 2 unspecified atom stereocenters. The molecule has 114 valence electrons. The van der Waals surface area contributed by atoms with Crippen LogP contribution in [0.1, 0.15) is 36.5 Å². The summed E-state index contributed by atoms with van der Waals surface area (Å²) in [7, 11) is 0. The van der Waals surface area contributed by atoms with Gasteiger partial charge in [0, 0.05) is 12.2 Å². The average molecular weight is 295 g/mol. The van der Waals surface area contributed by atoms with Gasteiger partial charge >= 0.3 is 5.97 Å². The number of hydrogen-bond donors (Lipinski definition) is 2. The van der Waals surface area contributed by atoms with Gasteiger partial charge in [0.25, 0.3) is 0 Å².